The van der Waals surface area contributed by atoms with Crippen LogP contribution in [-0.2, 0) is 4.79 Å². The van der Waals surface area contributed by atoms with E-state index in [1.807, 2.05) is 0 Å². The summed E-state index contributed by atoms with van der Waals surface area (Å²) >= 11 is 0. The largest absolute Gasteiger partial charge is 0.366 e. The number of nitrogens with zero attached hydrogens (tertiary/aromatic N) is 1. The molecule has 1 rings (SSSR count). The molecule has 1 amide bonds. The second-order valence-electron chi connectivity index (χ2n) is 2.61. The fourth-order valence-electron chi connectivity index (χ4n) is 1.26. The molecular weight excluding hydrogens is 180 g/mol. The van der Waals surface area contributed by atoms with Gasteiger partial charge in [0, 0.05) is 13.1 Å². The Balaban J connectivity index is 2.97. The highest BCUT2D eigenvalue weighted by molar-refractivity contribution is 5.93. The lowest BCUT2D eigenvalue weighted by Crippen LogP contribution is -2.33. The fraction of sp³-hybridized carbons (Fsp3) is 0.571. The molecule has 0 fully saturated rings. The summed E-state index contributed by atoms with van der Waals surface area (Å²) in [5.74, 6) is -0.793. The summed E-state index contributed by atoms with van der Waals surface area (Å²) in [6.07, 6.45) is -2.67. The van der Waals surface area contributed by atoms with Crippen molar-refractivity contribution >= 4 is 5.91 Å². The molecule has 0 bridgehead atoms. The molecule has 1 heterocycles. The van der Waals surface area contributed by atoms with E-state index in [0.717, 1.165) is 0 Å². The Labute approximate surface area is 74.3 Å². The highest BCUT2D eigenvalue weighted by Crippen LogP contribution is 2.21. The van der Waals surface area contributed by atoms with Gasteiger partial charge in [0.25, 0.3) is 6.43 Å². The van der Waals surface area contributed by atoms with Gasteiger partial charge in [-0.3, -0.25) is 4.79 Å². The van der Waals surface area contributed by atoms with Crippen molar-refractivity contribution in [3.8, 4) is 0 Å². The molecule has 0 spiro atoms. The third kappa shape index (κ3) is 1.77. The number of allylic oxidation sites excluding steroid dienone is 1. The van der Waals surface area contributed by atoms with Gasteiger partial charge in [-0.15, -0.1) is 0 Å². The smallest absolute Gasteiger partial charge is 0.279 e. The molecule has 0 aromatic carbocycles. The summed E-state index contributed by atoms with van der Waals surface area (Å²) in [5, 5.41) is 1.24. The number of alkyl halides is 2. The Kier molecular flexibility index (Phi) is 2.82. The molecule has 74 valence electrons. The first-order valence-electron chi connectivity index (χ1n) is 3.90. The predicted molar refractivity (Wildman–Crippen MR) is 42.6 cm³/mol. The number of hydrazine groups is 1. The van der Waals surface area contributed by atoms with Crippen molar-refractivity contribution in [2.75, 3.05) is 13.1 Å². The summed E-state index contributed by atoms with van der Waals surface area (Å²) < 4.78 is 24.9. The van der Waals surface area contributed by atoms with Crippen LogP contribution in [0.4, 0.5) is 8.78 Å². The molecule has 0 aliphatic carbocycles. The zero-order valence-corrected chi connectivity index (χ0v) is 7.18. The van der Waals surface area contributed by atoms with Crippen LogP contribution in [0.1, 0.15) is 6.92 Å². The van der Waals surface area contributed by atoms with Gasteiger partial charge in [-0.1, -0.05) is 0 Å². The van der Waals surface area contributed by atoms with Crippen molar-refractivity contribution in [1.82, 2.24) is 10.4 Å². The predicted octanol–water partition coefficient (Wildman–Crippen LogP) is -0.169. The topological polar surface area (TPSA) is 58.4 Å². The Morgan fingerprint density at radius 2 is 2.38 bits per heavy atom. The van der Waals surface area contributed by atoms with Crippen LogP contribution in [0.2, 0.25) is 0 Å². The van der Waals surface area contributed by atoms with Crippen molar-refractivity contribution in [3.05, 3.63) is 11.3 Å². The highest BCUT2D eigenvalue weighted by Gasteiger charge is 2.30. The van der Waals surface area contributed by atoms with E-state index in [1.54, 1.807) is 6.92 Å². The quantitative estimate of drug-likeness (QED) is 0.651. The molecule has 1 aliphatic heterocycles. The Hall–Kier alpha value is -1.17. The van der Waals surface area contributed by atoms with Gasteiger partial charge < -0.3 is 10.7 Å². The number of primary amides is 1. The minimum absolute atomic E-state index is 0.0307. The first-order valence-corrected chi connectivity index (χ1v) is 3.90. The van der Waals surface area contributed by atoms with Gasteiger partial charge >= 0.3 is 0 Å². The van der Waals surface area contributed by atoms with E-state index < -0.39 is 12.3 Å². The van der Waals surface area contributed by atoms with Crippen molar-refractivity contribution in [3.63, 3.8) is 0 Å². The summed E-state index contributed by atoms with van der Waals surface area (Å²) in [6, 6.07) is 0. The van der Waals surface area contributed by atoms with Crippen LogP contribution in [0.5, 0.6) is 0 Å². The molecule has 0 atom stereocenters. The third-order valence-electron chi connectivity index (χ3n) is 1.87. The molecule has 0 aromatic heterocycles. The SMILES string of the molecule is CCN1NCC(C(N)=O)=C1C(F)F. The molecule has 1 aliphatic rings. The summed E-state index contributed by atoms with van der Waals surface area (Å²) in [7, 11) is 0. The van der Waals surface area contributed by atoms with Crippen LogP contribution in [0.25, 0.3) is 0 Å². The molecular formula is C7H11F2N3O. The van der Waals surface area contributed by atoms with Crippen LogP contribution in [0.3, 0.4) is 0 Å². The molecule has 4 nitrogen and oxygen atoms in total. The van der Waals surface area contributed by atoms with Crippen LogP contribution in [-0.4, -0.2) is 30.4 Å². The van der Waals surface area contributed by atoms with E-state index in [-0.39, 0.29) is 17.8 Å². The number of halogens is 2. The van der Waals surface area contributed by atoms with Crippen molar-refractivity contribution < 1.29 is 13.6 Å². The lowest BCUT2D eigenvalue weighted by atomic mass is 10.2. The number of hydrogen-bond acceptors (Lipinski definition) is 3. The van der Waals surface area contributed by atoms with Crippen LogP contribution < -0.4 is 11.2 Å². The van der Waals surface area contributed by atoms with E-state index in [0.29, 0.717) is 6.54 Å². The maximum absolute atomic E-state index is 12.4. The van der Waals surface area contributed by atoms with Gasteiger partial charge in [-0.2, -0.15) is 0 Å². The van der Waals surface area contributed by atoms with E-state index in [2.05, 4.69) is 5.43 Å². The highest BCUT2D eigenvalue weighted by atomic mass is 19.3. The molecule has 13 heavy (non-hydrogen) atoms. The second kappa shape index (κ2) is 3.69. The molecule has 0 radical (unpaired) electrons. The van der Waals surface area contributed by atoms with E-state index in [4.69, 9.17) is 5.73 Å². The zero-order valence-electron chi connectivity index (χ0n) is 7.18. The van der Waals surface area contributed by atoms with Gasteiger partial charge in [-0.25, -0.2) is 14.2 Å². The maximum Gasteiger partial charge on any atom is 0.279 e. The van der Waals surface area contributed by atoms with E-state index >= 15 is 0 Å². The first-order chi connectivity index (χ1) is 6.07. The van der Waals surface area contributed by atoms with Gasteiger partial charge in [0.15, 0.2) is 0 Å². The van der Waals surface area contributed by atoms with Crippen molar-refractivity contribution in [1.29, 1.82) is 0 Å². The van der Waals surface area contributed by atoms with E-state index in [9.17, 15) is 13.6 Å². The summed E-state index contributed by atoms with van der Waals surface area (Å²) in [4.78, 5) is 10.7. The number of nitrogens with one attached hydrogen (secondary N) is 1. The van der Waals surface area contributed by atoms with Gasteiger partial charge in [-0.05, 0) is 6.92 Å². The van der Waals surface area contributed by atoms with Crippen LogP contribution in [0.15, 0.2) is 11.3 Å². The Bertz CT molecular complexity index is 252. The molecule has 0 saturated heterocycles. The van der Waals surface area contributed by atoms with Crippen molar-refractivity contribution in [2.24, 2.45) is 5.73 Å². The zero-order chi connectivity index (χ0) is 10.0. The Morgan fingerprint density at radius 3 is 2.77 bits per heavy atom. The summed E-state index contributed by atoms with van der Waals surface area (Å²) in [5.41, 5.74) is 7.27. The second-order valence-corrected chi connectivity index (χ2v) is 2.61. The lowest BCUT2D eigenvalue weighted by molar-refractivity contribution is -0.114. The van der Waals surface area contributed by atoms with Crippen LogP contribution >= 0.6 is 0 Å². The Morgan fingerprint density at radius 1 is 1.77 bits per heavy atom. The van der Waals surface area contributed by atoms with Crippen molar-refractivity contribution in [2.45, 2.75) is 13.3 Å². The molecule has 6 heteroatoms. The number of carbonyl (C=O) groups excluding carboxylic acids is 1. The molecule has 0 unspecified atom stereocenters. The van der Waals surface area contributed by atoms with E-state index in [1.165, 1.54) is 5.01 Å². The minimum Gasteiger partial charge on any atom is -0.366 e. The number of amides is 1. The van der Waals surface area contributed by atoms with Gasteiger partial charge in [0.2, 0.25) is 5.91 Å². The number of nitrogens with two attached hydrogens (primary N) is 1. The van der Waals surface area contributed by atoms with Gasteiger partial charge in [0.1, 0.15) is 5.70 Å². The lowest BCUT2D eigenvalue weighted by Gasteiger charge is -2.19. The summed E-state index contributed by atoms with van der Waals surface area (Å²) in [6.45, 7) is 2.17. The number of hydrogen-bond donors (Lipinski definition) is 2. The maximum atomic E-state index is 12.4. The fourth-order valence-corrected chi connectivity index (χ4v) is 1.26. The standard InChI is InChI=1S/C7H11F2N3O/c1-2-12-5(6(8)9)4(3-11-12)7(10)13/h6,11H,2-3H2,1H3,(H2,10,13). The first kappa shape index (κ1) is 9.91. The molecule has 0 aromatic rings. The normalized spacial score (nSPS) is 17.4. The van der Waals surface area contributed by atoms with Crippen LogP contribution in [0, 0.1) is 0 Å². The molecule has 0 saturated carbocycles. The average Bonchev–Trinajstić information content (AvgIpc) is 2.46. The minimum atomic E-state index is -2.67. The average molecular weight is 191 g/mol. The van der Waals surface area contributed by atoms with Gasteiger partial charge in [0.05, 0.1) is 5.57 Å². The monoisotopic (exact) mass is 191 g/mol. The number of carbonyl (C=O) groups is 1. The molecule has 3 N–H and O–H groups in total. The number of rotatable bonds is 3. The third-order valence-corrected chi connectivity index (χ3v) is 1.87.